The number of oxazole rings is 1. The van der Waals surface area contributed by atoms with Crippen molar-refractivity contribution in [2.75, 3.05) is 7.11 Å². The molecule has 0 fully saturated rings. The smallest absolute Gasteiger partial charge is 0.360 e. The first-order chi connectivity index (χ1) is 7.61. The number of aromatic nitrogens is 1. The molecule has 84 valence electrons. The zero-order chi connectivity index (χ0) is 11.7. The van der Waals surface area contributed by atoms with Crippen molar-refractivity contribution in [2.24, 2.45) is 0 Å². The molecule has 2 heterocycles. The third-order valence-corrected chi connectivity index (χ3v) is 3.53. The number of carbonyl (C=O) groups excluding carboxylic acids is 1. The molecule has 0 N–H and O–H groups in total. The van der Waals surface area contributed by atoms with Crippen LogP contribution >= 0.6 is 27.3 Å². The second-order valence-corrected chi connectivity index (χ2v) is 5.47. The maximum atomic E-state index is 11.5. The van der Waals surface area contributed by atoms with Crippen molar-refractivity contribution in [1.82, 2.24) is 4.98 Å². The van der Waals surface area contributed by atoms with E-state index in [9.17, 15) is 4.79 Å². The van der Waals surface area contributed by atoms with Crippen molar-refractivity contribution in [3.8, 4) is 10.6 Å². The van der Waals surface area contributed by atoms with Crippen LogP contribution in [0.4, 0.5) is 0 Å². The molecule has 4 nitrogen and oxygen atoms in total. The van der Waals surface area contributed by atoms with Gasteiger partial charge in [0.25, 0.3) is 0 Å². The van der Waals surface area contributed by atoms with Gasteiger partial charge in [-0.15, -0.1) is 11.3 Å². The van der Waals surface area contributed by atoms with Gasteiger partial charge in [-0.3, -0.25) is 0 Å². The summed E-state index contributed by atoms with van der Waals surface area (Å²) in [6.07, 6.45) is 0. The fraction of sp³-hybridized carbons (Fsp3) is 0.200. The summed E-state index contributed by atoms with van der Waals surface area (Å²) in [5, 5.41) is 0. The van der Waals surface area contributed by atoms with Gasteiger partial charge in [-0.1, -0.05) is 0 Å². The molecule has 0 saturated heterocycles. The molecule has 0 aliphatic rings. The van der Waals surface area contributed by atoms with E-state index in [1.54, 1.807) is 6.92 Å². The molecule has 6 heteroatoms. The monoisotopic (exact) mass is 301 g/mol. The highest BCUT2D eigenvalue weighted by atomic mass is 79.9. The van der Waals surface area contributed by atoms with Crippen molar-refractivity contribution in [3.05, 3.63) is 27.5 Å². The molecule has 0 aliphatic heterocycles. The Bertz CT molecular complexity index is 532. The van der Waals surface area contributed by atoms with Crippen LogP contribution in [-0.4, -0.2) is 18.1 Å². The number of ether oxygens (including phenoxy) is 1. The van der Waals surface area contributed by atoms with E-state index in [1.165, 1.54) is 18.4 Å². The minimum atomic E-state index is -0.489. The number of nitrogens with zero attached hydrogens (tertiary/aromatic N) is 1. The Morgan fingerprint density at radius 3 is 2.88 bits per heavy atom. The second-order valence-electron chi connectivity index (χ2n) is 3.01. The van der Waals surface area contributed by atoms with E-state index < -0.39 is 5.97 Å². The molecule has 0 amide bonds. The lowest BCUT2D eigenvalue weighted by Gasteiger charge is -1.95. The van der Waals surface area contributed by atoms with Crippen LogP contribution in [0.15, 0.2) is 20.3 Å². The summed E-state index contributed by atoms with van der Waals surface area (Å²) in [5.41, 5.74) is 0.217. The minimum absolute atomic E-state index is 0.217. The van der Waals surface area contributed by atoms with E-state index >= 15 is 0 Å². The van der Waals surface area contributed by atoms with Gasteiger partial charge in [-0.25, -0.2) is 9.78 Å². The molecule has 0 bridgehead atoms. The molecule has 0 aliphatic carbocycles. The van der Waals surface area contributed by atoms with Gasteiger partial charge in [0.05, 0.1) is 15.8 Å². The quantitative estimate of drug-likeness (QED) is 0.799. The van der Waals surface area contributed by atoms with Gasteiger partial charge in [0.1, 0.15) is 0 Å². The number of esters is 1. The van der Waals surface area contributed by atoms with Crippen LogP contribution < -0.4 is 0 Å². The van der Waals surface area contributed by atoms with Crippen LogP contribution in [0, 0.1) is 6.92 Å². The largest absolute Gasteiger partial charge is 0.464 e. The van der Waals surface area contributed by atoms with Crippen LogP contribution in [0.3, 0.4) is 0 Å². The number of hydrogen-bond donors (Lipinski definition) is 0. The summed E-state index contributed by atoms with van der Waals surface area (Å²) >= 11 is 4.83. The highest BCUT2D eigenvalue weighted by molar-refractivity contribution is 9.11. The maximum absolute atomic E-state index is 11.5. The van der Waals surface area contributed by atoms with Gasteiger partial charge in [-0.05, 0) is 28.1 Å². The summed E-state index contributed by atoms with van der Waals surface area (Å²) < 4.78 is 11.0. The van der Waals surface area contributed by atoms with Gasteiger partial charge in [-0.2, -0.15) is 0 Å². The summed E-state index contributed by atoms with van der Waals surface area (Å²) in [4.78, 5) is 16.3. The van der Waals surface area contributed by atoms with Gasteiger partial charge >= 0.3 is 5.97 Å². The Morgan fingerprint density at radius 2 is 2.31 bits per heavy atom. The number of rotatable bonds is 2. The number of hydrogen-bond acceptors (Lipinski definition) is 5. The average Bonchev–Trinajstić information content (AvgIpc) is 2.83. The van der Waals surface area contributed by atoms with Crippen LogP contribution in [0.25, 0.3) is 10.6 Å². The van der Waals surface area contributed by atoms with Crippen molar-refractivity contribution in [3.63, 3.8) is 0 Å². The number of aryl methyl sites for hydroxylation is 1. The molecular weight excluding hydrogens is 294 g/mol. The first kappa shape index (κ1) is 11.3. The highest BCUT2D eigenvalue weighted by Gasteiger charge is 2.21. The summed E-state index contributed by atoms with van der Waals surface area (Å²) in [6, 6.07) is 3.75. The van der Waals surface area contributed by atoms with Gasteiger partial charge in [0, 0.05) is 6.92 Å². The Morgan fingerprint density at radius 1 is 1.56 bits per heavy atom. The van der Waals surface area contributed by atoms with E-state index in [0.717, 1.165) is 8.66 Å². The Kier molecular flexibility index (Phi) is 3.11. The fourth-order valence-electron chi connectivity index (χ4n) is 1.27. The predicted molar refractivity (Wildman–Crippen MR) is 63.6 cm³/mol. The SMILES string of the molecule is COC(=O)c1nc(C)oc1-c1ccc(Br)s1. The van der Waals surface area contributed by atoms with Crippen molar-refractivity contribution < 1.29 is 13.9 Å². The van der Waals surface area contributed by atoms with Crippen LogP contribution in [0.5, 0.6) is 0 Å². The summed E-state index contributed by atoms with van der Waals surface area (Å²) in [7, 11) is 1.32. The predicted octanol–water partition coefficient (Wildman–Crippen LogP) is 3.26. The van der Waals surface area contributed by atoms with Crippen LogP contribution in [-0.2, 0) is 4.74 Å². The standard InChI is InChI=1S/C10H8BrNO3S/c1-5-12-8(10(13)14-2)9(15-5)6-3-4-7(11)16-6/h3-4H,1-2H3. The number of thiophene rings is 1. The summed E-state index contributed by atoms with van der Waals surface area (Å²) in [5.74, 6) is 0.413. The fourth-order valence-corrected chi connectivity index (χ4v) is 2.63. The van der Waals surface area contributed by atoms with E-state index in [1.807, 2.05) is 12.1 Å². The Hall–Kier alpha value is -1.14. The first-order valence-corrected chi connectivity index (χ1v) is 6.04. The number of halogens is 1. The molecular formula is C10H8BrNO3S. The van der Waals surface area contributed by atoms with Crippen molar-refractivity contribution >= 4 is 33.2 Å². The Labute approximate surface area is 104 Å². The molecule has 0 spiro atoms. The lowest BCUT2D eigenvalue weighted by Crippen LogP contribution is -2.02. The number of methoxy groups -OCH3 is 1. The van der Waals surface area contributed by atoms with Gasteiger partial charge < -0.3 is 9.15 Å². The molecule has 0 atom stereocenters. The van der Waals surface area contributed by atoms with E-state index in [4.69, 9.17) is 4.42 Å². The lowest BCUT2D eigenvalue weighted by molar-refractivity contribution is 0.0595. The van der Waals surface area contributed by atoms with Crippen LogP contribution in [0.2, 0.25) is 0 Å². The molecule has 2 aromatic rings. The molecule has 0 radical (unpaired) electrons. The van der Waals surface area contributed by atoms with Gasteiger partial charge in [0.15, 0.2) is 17.3 Å². The first-order valence-electron chi connectivity index (χ1n) is 4.43. The summed E-state index contributed by atoms with van der Waals surface area (Å²) in [6.45, 7) is 1.69. The maximum Gasteiger partial charge on any atom is 0.360 e. The normalized spacial score (nSPS) is 10.4. The molecule has 0 unspecified atom stereocenters. The average molecular weight is 302 g/mol. The van der Waals surface area contributed by atoms with Gasteiger partial charge in [0.2, 0.25) is 0 Å². The number of carbonyl (C=O) groups is 1. The second kappa shape index (κ2) is 4.39. The third kappa shape index (κ3) is 2.03. The van der Waals surface area contributed by atoms with Crippen LogP contribution in [0.1, 0.15) is 16.4 Å². The molecule has 0 aromatic carbocycles. The zero-order valence-electron chi connectivity index (χ0n) is 8.61. The minimum Gasteiger partial charge on any atom is -0.464 e. The topological polar surface area (TPSA) is 52.3 Å². The van der Waals surface area contributed by atoms with E-state index in [2.05, 4.69) is 25.7 Å². The van der Waals surface area contributed by atoms with Crippen molar-refractivity contribution in [2.45, 2.75) is 6.92 Å². The molecule has 2 aromatic heterocycles. The lowest BCUT2D eigenvalue weighted by atomic mass is 10.3. The molecule has 0 saturated carbocycles. The van der Waals surface area contributed by atoms with E-state index in [-0.39, 0.29) is 5.69 Å². The highest BCUT2D eigenvalue weighted by Crippen LogP contribution is 2.34. The Balaban J connectivity index is 2.52. The molecule has 2 rings (SSSR count). The third-order valence-electron chi connectivity index (χ3n) is 1.91. The zero-order valence-corrected chi connectivity index (χ0v) is 11.0. The molecule has 16 heavy (non-hydrogen) atoms. The van der Waals surface area contributed by atoms with E-state index in [0.29, 0.717) is 11.7 Å². The van der Waals surface area contributed by atoms with Crippen molar-refractivity contribution in [1.29, 1.82) is 0 Å².